The molecule has 198 valence electrons. The second-order valence-electron chi connectivity index (χ2n) is 10.5. The summed E-state index contributed by atoms with van der Waals surface area (Å²) in [5.74, 6) is -0.629. The first-order chi connectivity index (χ1) is 15.8. The quantitative estimate of drug-likeness (QED) is 0.133. The molecule has 0 aliphatic heterocycles. The Balaban J connectivity index is -0.000000467. The fraction of sp³-hybridized carbons (Fsp3) is 0.188. The average Bonchev–Trinajstić information content (AvgIpc) is 3.17. The van der Waals surface area contributed by atoms with Crippen LogP contribution in [0.4, 0.5) is 0 Å². The Labute approximate surface area is 253 Å². The fourth-order valence-electron chi connectivity index (χ4n) is 3.40. The van der Waals surface area contributed by atoms with Crippen molar-refractivity contribution in [1.82, 2.24) is 0 Å². The summed E-state index contributed by atoms with van der Waals surface area (Å²) in [6.07, 6.45) is 0. The van der Waals surface area contributed by atoms with Crippen LogP contribution < -0.4 is 0 Å². The van der Waals surface area contributed by atoms with Crippen LogP contribution in [0.15, 0.2) is 108 Å². The third-order valence-corrected chi connectivity index (χ3v) is 10.2. The topological polar surface area (TPSA) is 40.9 Å². The molecule has 4 rings (SSSR count). The van der Waals surface area contributed by atoms with Crippen LogP contribution in [0.2, 0.25) is 39.3 Å². The molecule has 6 heteroatoms. The van der Waals surface area contributed by atoms with Crippen molar-refractivity contribution in [2.45, 2.75) is 39.3 Å². The second-order valence-corrected chi connectivity index (χ2v) is 20.7. The Morgan fingerprint density at radius 1 is 0.658 bits per heavy atom. The number of carbonyl (C=O) groups is 1. The summed E-state index contributed by atoms with van der Waals surface area (Å²) in [5.41, 5.74) is 7.12. The number of benzene rings is 3. The monoisotopic (exact) mass is 589 g/mol. The van der Waals surface area contributed by atoms with Crippen LogP contribution in [0.25, 0.3) is 27.3 Å². The Morgan fingerprint density at radius 2 is 0.974 bits per heavy atom. The van der Waals surface area contributed by atoms with Crippen LogP contribution in [0.1, 0.15) is 10.4 Å². The molecule has 4 aromatic carbocycles. The molecule has 0 aromatic heterocycles. The van der Waals surface area contributed by atoms with Gasteiger partial charge < -0.3 is 25.4 Å². The number of fused-ring (bicyclic) bond motifs is 3. The number of nitrogens with one attached hydrogen (secondary N) is 1. The van der Waals surface area contributed by atoms with Gasteiger partial charge in [-0.05, 0) is 5.56 Å². The molecule has 0 unspecified atom stereocenters. The summed E-state index contributed by atoms with van der Waals surface area (Å²) in [7, 11) is -2.39. The number of allylic oxidation sites excluding steroid dienone is 2. The SMILES string of the molecule is C=C(C(=C)[Si](C)(C)C)[Si](C)(C)C.[CH3-].[CH3-].[NH-]C(=O)c1ccccc1.[Si].[Ti+4].c1ccc2c(c1)[cH-]c1ccccc12. The molecule has 4 aromatic rings. The molecule has 0 saturated heterocycles. The van der Waals surface area contributed by atoms with Crippen LogP contribution in [0.3, 0.4) is 0 Å². The van der Waals surface area contributed by atoms with E-state index in [9.17, 15) is 4.79 Å². The summed E-state index contributed by atoms with van der Waals surface area (Å²) in [5, 5.41) is 8.12. The standard InChI is InChI=1S/C13H9.C10H22Si2.C7H7NO.2CH3.Si.Ti/c1-3-7-12-10(5-1)9-11-6-2-4-8-13(11)12;1-9(11(3,4)5)10(2)12(6,7)8;8-7(9)6-4-2-1-3-5-6;;;;/h1-9H;1-2H2,3-8H3;1-5H,(H2,8,9);2*1H3;;/q-1;;;2*-1;;+4/p-1. The third kappa shape index (κ3) is 11.7. The first kappa shape index (κ1) is 40.3. The van der Waals surface area contributed by atoms with Gasteiger partial charge in [-0.3, -0.25) is 0 Å². The summed E-state index contributed by atoms with van der Waals surface area (Å²) < 4.78 is 0. The first-order valence-corrected chi connectivity index (χ1v) is 18.6. The van der Waals surface area contributed by atoms with E-state index in [0.29, 0.717) is 5.56 Å². The molecule has 38 heavy (non-hydrogen) atoms. The zero-order chi connectivity index (χ0) is 25.5. The van der Waals surface area contributed by atoms with E-state index in [1.165, 1.54) is 31.9 Å². The first-order valence-electron chi connectivity index (χ1n) is 11.6. The number of amides is 1. The van der Waals surface area contributed by atoms with Crippen LogP contribution in [0.5, 0.6) is 0 Å². The van der Waals surface area contributed by atoms with Crippen molar-refractivity contribution in [2.75, 3.05) is 0 Å². The van der Waals surface area contributed by atoms with Crippen LogP contribution in [-0.2, 0) is 21.7 Å². The smallest absolute Gasteiger partial charge is 0.664 e. The molecule has 0 atom stereocenters. The van der Waals surface area contributed by atoms with E-state index in [-0.39, 0.29) is 47.5 Å². The van der Waals surface area contributed by atoms with Gasteiger partial charge in [0.2, 0.25) is 0 Å². The van der Waals surface area contributed by atoms with E-state index >= 15 is 0 Å². The maximum absolute atomic E-state index is 10.3. The van der Waals surface area contributed by atoms with Crippen LogP contribution in [0, 0.1) is 14.9 Å². The van der Waals surface area contributed by atoms with E-state index in [0.717, 1.165) is 0 Å². The van der Waals surface area contributed by atoms with Gasteiger partial charge in [0.05, 0.1) is 22.1 Å². The number of rotatable bonds is 4. The molecule has 0 fully saturated rings. The largest absolute Gasteiger partial charge is 4.00 e. The van der Waals surface area contributed by atoms with Crippen molar-refractivity contribution in [3.05, 3.63) is 135 Å². The van der Waals surface area contributed by atoms with Gasteiger partial charge in [0.1, 0.15) is 0 Å². The molecule has 2 nitrogen and oxygen atoms in total. The molecule has 0 heterocycles. The predicted molar refractivity (Wildman–Crippen MR) is 176 cm³/mol. The minimum Gasteiger partial charge on any atom is -0.664 e. The van der Waals surface area contributed by atoms with E-state index in [1.54, 1.807) is 24.3 Å². The summed E-state index contributed by atoms with van der Waals surface area (Å²) >= 11 is 0. The van der Waals surface area contributed by atoms with Gasteiger partial charge in [-0.15, -0.1) is 39.7 Å². The van der Waals surface area contributed by atoms with Crippen LogP contribution in [-0.4, -0.2) is 33.0 Å². The van der Waals surface area contributed by atoms with Gasteiger partial charge in [-0.2, -0.15) is 0 Å². The molecule has 1 N–H and O–H groups in total. The molecule has 4 radical (unpaired) electrons. The third-order valence-electron chi connectivity index (χ3n) is 5.73. The van der Waals surface area contributed by atoms with Crippen molar-refractivity contribution in [3.63, 3.8) is 0 Å². The van der Waals surface area contributed by atoms with Gasteiger partial charge in [-0.1, -0.05) is 130 Å². The fourth-order valence-corrected chi connectivity index (χ4v) is 7.46. The van der Waals surface area contributed by atoms with Gasteiger partial charge in [0.15, 0.2) is 0 Å². The van der Waals surface area contributed by atoms with E-state index in [1.807, 2.05) is 6.07 Å². The molecule has 0 bridgehead atoms. The van der Waals surface area contributed by atoms with Gasteiger partial charge in [0, 0.05) is 11.0 Å². The van der Waals surface area contributed by atoms with Crippen molar-refractivity contribution in [3.8, 4) is 0 Å². The summed E-state index contributed by atoms with van der Waals surface area (Å²) in [6.45, 7) is 22.4. The molecule has 0 spiro atoms. The molecule has 0 aliphatic rings. The Hall–Kier alpha value is -2.16. The zero-order valence-electron chi connectivity index (χ0n) is 24.4. The minimum absolute atomic E-state index is 0. The van der Waals surface area contributed by atoms with E-state index in [4.69, 9.17) is 5.73 Å². The molecule has 0 aliphatic carbocycles. The van der Waals surface area contributed by atoms with Crippen molar-refractivity contribution < 1.29 is 26.5 Å². The van der Waals surface area contributed by atoms with Crippen LogP contribution >= 0.6 is 0 Å². The molecule has 1 amide bonds. The van der Waals surface area contributed by atoms with Gasteiger partial charge in [-0.25, -0.2) is 0 Å². The maximum Gasteiger partial charge on any atom is 4.00 e. The average molecular weight is 590 g/mol. The minimum atomic E-state index is -1.19. The molecular weight excluding hydrogens is 546 g/mol. The van der Waals surface area contributed by atoms with Crippen molar-refractivity contribution in [1.29, 1.82) is 0 Å². The molecule has 0 saturated carbocycles. The van der Waals surface area contributed by atoms with E-state index in [2.05, 4.69) is 107 Å². The number of hydrogen-bond acceptors (Lipinski definition) is 1. The second kappa shape index (κ2) is 17.4. The predicted octanol–water partition coefficient (Wildman–Crippen LogP) is 9.96. The van der Waals surface area contributed by atoms with Crippen molar-refractivity contribution in [2.24, 2.45) is 0 Å². The summed E-state index contributed by atoms with van der Waals surface area (Å²) in [6, 6.07) is 27.8. The zero-order valence-corrected chi connectivity index (χ0v) is 29.0. The van der Waals surface area contributed by atoms with Gasteiger partial charge in [0.25, 0.3) is 0 Å². The Bertz CT molecular complexity index is 1210. The maximum atomic E-state index is 10.3. The molecular formula is C32H43NOSi3Ti. The van der Waals surface area contributed by atoms with Gasteiger partial charge >= 0.3 is 21.7 Å². The van der Waals surface area contributed by atoms with Crippen molar-refractivity contribution >= 4 is 54.6 Å². The number of carbonyl (C=O) groups excluding carboxylic acids is 1. The van der Waals surface area contributed by atoms with E-state index < -0.39 is 22.1 Å². The Kier molecular flexibility index (Phi) is 18.5. The Morgan fingerprint density at radius 3 is 1.26 bits per heavy atom. The summed E-state index contributed by atoms with van der Waals surface area (Å²) in [4.78, 5) is 10.3. The normalized spacial score (nSPS) is 9.95. The number of hydrogen-bond donors (Lipinski definition) is 0.